The Morgan fingerprint density at radius 3 is 2.39 bits per heavy atom. The van der Waals surface area contributed by atoms with E-state index in [2.05, 4.69) is 4.99 Å². The van der Waals surface area contributed by atoms with Crippen LogP contribution < -0.4 is 4.90 Å². The number of aliphatic imine (C=N–C) groups is 1. The minimum Gasteiger partial charge on any atom is -0.463 e. The Balaban J connectivity index is 1.36. The topological polar surface area (TPSA) is 65.5 Å². The lowest BCUT2D eigenvalue weighted by molar-refractivity contribution is -0.139. The maximum Gasteiger partial charge on any atom is 0.338 e. The molecule has 198 valence electrons. The van der Waals surface area contributed by atoms with Gasteiger partial charge in [-0.25, -0.2) is 18.6 Å². The van der Waals surface area contributed by atoms with Crippen LogP contribution in [0.5, 0.6) is 0 Å². The molecule has 3 heterocycles. The van der Waals surface area contributed by atoms with Crippen LogP contribution in [0.3, 0.4) is 0 Å². The molecule has 3 aliphatic rings. The van der Waals surface area contributed by atoms with Gasteiger partial charge in [0, 0.05) is 37.4 Å². The average Bonchev–Trinajstić information content (AvgIpc) is 3.30. The van der Waals surface area contributed by atoms with Gasteiger partial charge in [-0.1, -0.05) is 42.1 Å². The number of hydrogen-bond donors (Lipinski definition) is 0. The van der Waals surface area contributed by atoms with Crippen LogP contribution in [0, 0.1) is 11.6 Å². The standard InChI is InChI=1S/C28H28F2N4O3S/c1-3-37-27(36)25-18(2)31-28-34(26(25)20-8-4-5-9-21(20)29)19(17-38-28)16-24(35)33-14-12-32(13-15-33)23-11-7-6-10-22(23)30/h4-11,17,26H,3,12-16H2,1-2H3/t26-/m1/s1. The summed E-state index contributed by atoms with van der Waals surface area (Å²) in [5, 5.41) is 2.41. The van der Waals surface area contributed by atoms with E-state index >= 15 is 4.39 Å². The van der Waals surface area contributed by atoms with E-state index in [0.29, 0.717) is 54.0 Å². The molecule has 0 aliphatic carbocycles. The zero-order valence-electron chi connectivity index (χ0n) is 21.2. The second-order valence-corrected chi connectivity index (χ2v) is 9.97. The molecule has 10 heteroatoms. The fourth-order valence-electron chi connectivity index (χ4n) is 5.00. The predicted octanol–water partition coefficient (Wildman–Crippen LogP) is 4.84. The number of anilines is 1. The van der Waals surface area contributed by atoms with E-state index in [9.17, 15) is 14.0 Å². The van der Waals surface area contributed by atoms with Crippen LogP contribution in [0.4, 0.5) is 14.5 Å². The van der Waals surface area contributed by atoms with Crippen molar-refractivity contribution in [3.8, 4) is 0 Å². The average molecular weight is 539 g/mol. The number of amidine groups is 1. The van der Waals surface area contributed by atoms with E-state index in [4.69, 9.17) is 4.74 Å². The van der Waals surface area contributed by atoms with Crippen LogP contribution in [0.1, 0.15) is 31.9 Å². The van der Waals surface area contributed by atoms with Crippen LogP contribution in [-0.2, 0) is 14.3 Å². The molecule has 1 atom stereocenters. The van der Waals surface area contributed by atoms with E-state index < -0.39 is 17.8 Å². The summed E-state index contributed by atoms with van der Waals surface area (Å²) in [5.74, 6) is -1.40. The van der Waals surface area contributed by atoms with Gasteiger partial charge in [0.2, 0.25) is 5.91 Å². The van der Waals surface area contributed by atoms with Crippen molar-refractivity contribution in [2.24, 2.45) is 4.99 Å². The first-order valence-electron chi connectivity index (χ1n) is 12.5. The predicted molar refractivity (Wildman–Crippen MR) is 143 cm³/mol. The van der Waals surface area contributed by atoms with Crippen LogP contribution in [-0.4, -0.2) is 59.6 Å². The Labute approximate surface area is 224 Å². The molecule has 0 unspecified atom stereocenters. The SMILES string of the molecule is CCOC(=O)C1=C(C)N=C2SC=C(CC(=O)N3CCN(c4ccccc4F)CC3)N2[C@@H]1c1ccccc1F. The molecular weight excluding hydrogens is 510 g/mol. The molecule has 0 radical (unpaired) electrons. The van der Waals surface area contributed by atoms with E-state index in [1.54, 1.807) is 60.0 Å². The van der Waals surface area contributed by atoms with E-state index in [-0.39, 0.29) is 30.3 Å². The van der Waals surface area contributed by atoms with Gasteiger partial charge in [-0.05, 0) is 37.5 Å². The highest BCUT2D eigenvalue weighted by molar-refractivity contribution is 8.16. The normalized spacial score (nSPS) is 19.3. The van der Waals surface area contributed by atoms with Crippen molar-refractivity contribution in [2.45, 2.75) is 26.3 Å². The van der Waals surface area contributed by atoms with Gasteiger partial charge in [0.25, 0.3) is 0 Å². The first kappa shape index (κ1) is 26.0. The number of esters is 1. The van der Waals surface area contributed by atoms with Crippen molar-refractivity contribution < 1.29 is 23.1 Å². The highest BCUT2D eigenvalue weighted by Gasteiger charge is 2.42. The molecule has 5 rings (SSSR count). The summed E-state index contributed by atoms with van der Waals surface area (Å²) in [4.78, 5) is 36.4. The summed E-state index contributed by atoms with van der Waals surface area (Å²) in [6.45, 7) is 5.54. The van der Waals surface area contributed by atoms with E-state index in [0.717, 1.165) is 0 Å². The number of rotatable bonds is 6. The molecule has 0 saturated carbocycles. The van der Waals surface area contributed by atoms with Gasteiger partial charge in [-0.15, -0.1) is 0 Å². The number of allylic oxidation sites excluding steroid dienone is 1. The highest BCUT2D eigenvalue weighted by atomic mass is 32.2. The molecule has 38 heavy (non-hydrogen) atoms. The summed E-state index contributed by atoms with van der Waals surface area (Å²) in [5.41, 5.74) is 2.19. The fourth-order valence-corrected chi connectivity index (χ4v) is 5.97. The van der Waals surface area contributed by atoms with Crippen molar-refractivity contribution >= 4 is 34.5 Å². The molecule has 0 bridgehead atoms. The lowest BCUT2D eigenvalue weighted by Crippen LogP contribution is -2.49. The molecule has 0 spiro atoms. The van der Waals surface area contributed by atoms with E-state index in [1.165, 1.54) is 23.9 Å². The summed E-state index contributed by atoms with van der Waals surface area (Å²) in [6, 6.07) is 12.1. The smallest absolute Gasteiger partial charge is 0.338 e. The third kappa shape index (κ3) is 4.92. The Hall–Kier alpha value is -3.66. The van der Waals surface area contributed by atoms with Crippen molar-refractivity contribution in [3.63, 3.8) is 0 Å². The minimum atomic E-state index is -0.810. The molecule has 7 nitrogen and oxygen atoms in total. The van der Waals surface area contributed by atoms with Crippen molar-refractivity contribution in [1.82, 2.24) is 9.80 Å². The van der Waals surface area contributed by atoms with Crippen molar-refractivity contribution in [3.05, 3.63) is 88.1 Å². The van der Waals surface area contributed by atoms with Crippen molar-refractivity contribution in [2.75, 3.05) is 37.7 Å². The monoisotopic (exact) mass is 538 g/mol. The lowest BCUT2D eigenvalue weighted by atomic mass is 9.93. The van der Waals surface area contributed by atoms with Gasteiger partial charge in [0.15, 0.2) is 5.17 Å². The highest BCUT2D eigenvalue weighted by Crippen LogP contribution is 2.45. The molecule has 2 aromatic rings. The van der Waals surface area contributed by atoms with E-state index in [1.807, 2.05) is 10.3 Å². The number of ether oxygens (including phenoxy) is 1. The molecule has 2 aromatic carbocycles. The largest absolute Gasteiger partial charge is 0.463 e. The second-order valence-electron chi connectivity index (χ2n) is 9.13. The van der Waals surface area contributed by atoms with Gasteiger partial charge in [-0.3, -0.25) is 4.79 Å². The number of thioether (sulfide) groups is 1. The van der Waals surface area contributed by atoms with Crippen LogP contribution in [0.25, 0.3) is 0 Å². The Morgan fingerprint density at radius 2 is 1.71 bits per heavy atom. The van der Waals surface area contributed by atoms with Gasteiger partial charge >= 0.3 is 5.97 Å². The molecule has 3 aliphatic heterocycles. The summed E-state index contributed by atoms with van der Waals surface area (Å²) >= 11 is 1.34. The number of piperazine rings is 1. The number of halogens is 2. The number of nitrogens with zero attached hydrogens (tertiary/aromatic N) is 4. The van der Waals surface area contributed by atoms with Gasteiger partial charge in [0.05, 0.1) is 36.0 Å². The quantitative estimate of drug-likeness (QED) is 0.491. The molecule has 1 amide bonds. The first-order valence-corrected chi connectivity index (χ1v) is 13.4. The molecule has 1 fully saturated rings. The zero-order chi connectivity index (χ0) is 26.8. The van der Waals surface area contributed by atoms with Crippen LogP contribution in [0.2, 0.25) is 0 Å². The third-order valence-corrected chi connectivity index (χ3v) is 7.74. The summed E-state index contributed by atoms with van der Waals surface area (Å²) in [6.07, 6.45) is 0.0613. The molecular formula is C28H28F2N4O3S. The van der Waals surface area contributed by atoms with Gasteiger partial charge < -0.3 is 19.4 Å². The lowest BCUT2D eigenvalue weighted by Gasteiger charge is -2.38. The van der Waals surface area contributed by atoms with Crippen molar-refractivity contribution in [1.29, 1.82) is 0 Å². The Bertz CT molecular complexity index is 1350. The molecule has 0 N–H and O–H groups in total. The van der Waals surface area contributed by atoms with Gasteiger partial charge in [0.1, 0.15) is 11.6 Å². The zero-order valence-corrected chi connectivity index (χ0v) is 22.0. The summed E-state index contributed by atoms with van der Waals surface area (Å²) in [7, 11) is 0. The number of carbonyl (C=O) groups is 2. The number of fused-ring (bicyclic) bond motifs is 1. The number of para-hydroxylation sites is 1. The number of hydrogen-bond acceptors (Lipinski definition) is 7. The number of benzene rings is 2. The third-order valence-electron chi connectivity index (χ3n) is 6.85. The number of amides is 1. The maximum atomic E-state index is 15.1. The molecule has 1 saturated heterocycles. The fraction of sp³-hybridized carbons (Fsp3) is 0.321. The summed E-state index contributed by atoms with van der Waals surface area (Å²) < 4.78 is 34.6. The Kier molecular flexibility index (Phi) is 7.51. The van der Waals surface area contributed by atoms with Crippen LogP contribution in [0.15, 0.2) is 75.9 Å². The molecule has 0 aromatic heterocycles. The van der Waals surface area contributed by atoms with Gasteiger partial charge in [-0.2, -0.15) is 0 Å². The number of carbonyl (C=O) groups excluding carboxylic acids is 2. The maximum absolute atomic E-state index is 15.1. The minimum absolute atomic E-state index is 0.0613. The first-order chi connectivity index (χ1) is 18.4. The Morgan fingerprint density at radius 1 is 1.03 bits per heavy atom. The van der Waals surface area contributed by atoms with Crippen LogP contribution >= 0.6 is 11.8 Å². The second kappa shape index (κ2) is 11.0.